The zero-order chi connectivity index (χ0) is 15.4. The predicted octanol–water partition coefficient (Wildman–Crippen LogP) is 2.15. The molecule has 0 atom stereocenters. The van der Waals surface area contributed by atoms with Gasteiger partial charge in [-0.1, -0.05) is 18.2 Å². The molecule has 3 rings (SSSR count). The number of aryl methyl sites for hydroxylation is 2. The molecule has 114 valence electrons. The van der Waals surface area contributed by atoms with Crippen LogP contribution < -0.4 is 5.32 Å². The monoisotopic (exact) mass is 298 g/mol. The molecule has 0 aliphatic heterocycles. The van der Waals surface area contributed by atoms with Gasteiger partial charge in [-0.15, -0.1) is 10.2 Å². The molecule has 0 unspecified atom stereocenters. The van der Waals surface area contributed by atoms with Crippen LogP contribution in [0.5, 0.6) is 0 Å². The molecule has 2 aromatic heterocycles. The van der Waals surface area contributed by atoms with Crippen LogP contribution in [0.3, 0.4) is 0 Å². The Kier molecular flexibility index (Phi) is 4.18. The van der Waals surface area contributed by atoms with Crippen LogP contribution in [0, 0.1) is 6.92 Å². The van der Waals surface area contributed by atoms with Gasteiger partial charge in [0.15, 0.2) is 0 Å². The first-order valence-corrected chi connectivity index (χ1v) is 7.33. The summed E-state index contributed by atoms with van der Waals surface area (Å²) in [5.74, 6) is 1.02. The number of aromatic nitrogens is 3. The Hall–Kier alpha value is -2.63. The molecule has 2 N–H and O–H groups in total. The standard InChI is InChI=1S/C16H18N4O2/c1-11-19-20-16(22-11)7-6-15(21)17-9-8-12-10-18-14-5-3-2-4-13(12)14/h2-5,10,18H,6-9H2,1H3,(H,17,21). The summed E-state index contributed by atoms with van der Waals surface area (Å²) in [6.07, 6.45) is 3.63. The van der Waals surface area contributed by atoms with E-state index in [1.165, 1.54) is 10.9 Å². The molecular formula is C16H18N4O2. The Bertz CT molecular complexity index is 775. The van der Waals surface area contributed by atoms with Crippen LogP contribution in [0.25, 0.3) is 10.9 Å². The highest BCUT2D eigenvalue weighted by atomic mass is 16.4. The van der Waals surface area contributed by atoms with E-state index in [1.54, 1.807) is 6.92 Å². The van der Waals surface area contributed by atoms with Crippen molar-refractivity contribution in [2.75, 3.05) is 6.54 Å². The van der Waals surface area contributed by atoms with E-state index in [9.17, 15) is 4.79 Å². The first-order valence-electron chi connectivity index (χ1n) is 7.33. The Morgan fingerprint density at radius 2 is 2.14 bits per heavy atom. The zero-order valence-electron chi connectivity index (χ0n) is 12.4. The fraction of sp³-hybridized carbons (Fsp3) is 0.312. The summed E-state index contributed by atoms with van der Waals surface area (Å²) in [6, 6.07) is 8.15. The minimum Gasteiger partial charge on any atom is -0.426 e. The van der Waals surface area contributed by atoms with Crippen molar-refractivity contribution in [3.63, 3.8) is 0 Å². The molecule has 0 aliphatic rings. The number of rotatable bonds is 6. The lowest BCUT2D eigenvalue weighted by atomic mass is 10.1. The van der Waals surface area contributed by atoms with Crippen LogP contribution >= 0.6 is 0 Å². The second kappa shape index (κ2) is 6.43. The average Bonchev–Trinajstić information content (AvgIpc) is 3.12. The van der Waals surface area contributed by atoms with Crippen molar-refractivity contribution in [1.82, 2.24) is 20.5 Å². The second-order valence-corrected chi connectivity index (χ2v) is 5.17. The molecule has 1 aromatic carbocycles. The third kappa shape index (κ3) is 3.33. The Labute approximate surface area is 127 Å². The fourth-order valence-corrected chi connectivity index (χ4v) is 2.42. The van der Waals surface area contributed by atoms with Crippen LogP contribution in [-0.2, 0) is 17.6 Å². The maximum atomic E-state index is 11.8. The van der Waals surface area contributed by atoms with Crippen LogP contribution in [0.1, 0.15) is 23.8 Å². The number of nitrogens with one attached hydrogen (secondary N) is 2. The van der Waals surface area contributed by atoms with E-state index in [0.29, 0.717) is 31.2 Å². The molecule has 0 aliphatic carbocycles. The number of nitrogens with zero attached hydrogens (tertiary/aromatic N) is 2. The van der Waals surface area contributed by atoms with E-state index in [-0.39, 0.29) is 5.91 Å². The minimum atomic E-state index is -0.00399. The Morgan fingerprint density at radius 1 is 1.27 bits per heavy atom. The summed E-state index contributed by atoms with van der Waals surface area (Å²) >= 11 is 0. The predicted molar refractivity (Wildman–Crippen MR) is 82.4 cm³/mol. The third-order valence-corrected chi connectivity index (χ3v) is 3.53. The van der Waals surface area contributed by atoms with Gasteiger partial charge in [-0.25, -0.2) is 0 Å². The zero-order valence-corrected chi connectivity index (χ0v) is 12.4. The fourth-order valence-electron chi connectivity index (χ4n) is 2.42. The second-order valence-electron chi connectivity index (χ2n) is 5.17. The van der Waals surface area contributed by atoms with Gasteiger partial charge in [0.05, 0.1) is 0 Å². The maximum Gasteiger partial charge on any atom is 0.220 e. The number of hydrogen-bond donors (Lipinski definition) is 2. The van der Waals surface area contributed by atoms with Gasteiger partial charge >= 0.3 is 0 Å². The molecule has 0 spiro atoms. The SMILES string of the molecule is Cc1nnc(CCC(=O)NCCc2c[nH]c3ccccc23)o1. The number of H-pyrrole nitrogens is 1. The Morgan fingerprint density at radius 3 is 2.95 bits per heavy atom. The molecule has 0 bridgehead atoms. The van der Waals surface area contributed by atoms with Crippen molar-refractivity contribution in [1.29, 1.82) is 0 Å². The topological polar surface area (TPSA) is 83.8 Å². The number of aromatic amines is 1. The number of benzene rings is 1. The smallest absolute Gasteiger partial charge is 0.220 e. The number of carbonyl (C=O) groups excluding carboxylic acids is 1. The highest BCUT2D eigenvalue weighted by molar-refractivity contribution is 5.83. The van der Waals surface area contributed by atoms with Crippen LogP contribution in [0.4, 0.5) is 0 Å². The van der Waals surface area contributed by atoms with Gasteiger partial charge in [-0.05, 0) is 18.1 Å². The van der Waals surface area contributed by atoms with Gasteiger partial charge in [0.25, 0.3) is 0 Å². The molecule has 1 amide bonds. The molecule has 0 radical (unpaired) electrons. The van der Waals surface area contributed by atoms with Gasteiger partial charge < -0.3 is 14.7 Å². The molecule has 0 fully saturated rings. The van der Waals surface area contributed by atoms with Crippen molar-refractivity contribution >= 4 is 16.8 Å². The number of hydrogen-bond acceptors (Lipinski definition) is 4. The number of carbonyl (C=O) groups is 1. The molecule has 2 heterocycles. The molecule has 0 saturated heterocycles. The van der Waals surface area contributed by atoms with Crippen molar-refractivity contribution in [3.05, 3.63) is 47.8 Å². The highest BCUT2D eigenvalue weighted by Gasteiger charge is 2.07. The van der Waals surface area contributed by atoms with E-state index in [4.69, 9.17) is 4.42 Å². The lowest BCUT2D eigenvalue weighted by Crippen LogP contribution is -2.25. The van der Waals surface area contributed by atoms with Gasteiger partial charge in [0.2, 0.25) is 17.7 Å². The summed E-state index contributed by atoms with van der Waals surface area (Å²) in [5.41, 5.74) is 2.33. The first-order chi connectivity index (χ1) is 10.7. The van der Waals surface area contributed by atoms with Crippen molar-refractivity contribution in [3.8, 4) is 0 Å². The summed E-state index contributed by atoms with van der Waals surface area (Å²) in [5, 5.41) is 11.7. The first kappa shape index (κ1) is 14.3. The van der Waals surface area contributed by atoms with Gasteiger partial charge in [0.1, 0.15) is 0 Å². The molecular weight excluding hydrogens is 280 g/mol. The lowest BCUT2D eigenvalue weighted by molar-refractivity contribution is -0.121. The summed E-state index contributed by atoms with van der Waals surface area (Å²) in [4.78, 5) is 15.0. The van der Waals surface area contributed by atoms with E-state index in [0.717, 1.165) is 11.9 Å². The van der Waals surface area contributed by atoms with E-state index in [1.807, 2.05) is 24.4 Å². The molecule has 0 saturated carbocycles. The van der Waals surface area contributed by atoms with E-state index >= 15 is 0 Å². The quantitative estimate of drug-likeness (QED) is 0.730. The lowest BCUT2D eigenvalue weighted by Gasteiger charge is -2.03. The highest BCUT2D eigenvalue weighted by Crippen LogP contribution is 2.17. The van der Waals surface area contributed by atoms with Crippen molar-refractivity contribution < 1.29 is 9.21 Å². The van der Waals surface area contributed by atoms with Crippen LogP contribution in [0.15, 0.2) is 34.9 Å². The molecule has 22 heavy (non-hydrogen) atoms. The largest absolute Gasteiger partial charge is 0.426 e. The Balaban J connectivity index is 1.45. The summed E-state index contributed by atoms with van der Waals surface area (Å²) in [6.45, 7) is 2.35. The van der Waals surface area contributed by atoms with Crippen LogP contribution in [0.2, 0.25) is 0 Å². The van der Waals surface area contributed by atoms with Crippen molar-refractivity contribution in [2.45, 2.75) is 26.2 Å². The minimum absolute atomic E-state index is 0.00399. The molecule has 6 nitrogen and oxygen atoms in total. The molecule has 6 heteroatoms. The third-order valence-electron chi connectivity index (χ3n) is 3.53. The number of para-hydroxylation sites is 1. The number of amides is 1. The van der Waals surface area contributed by atoms with Gasteiger partial charge in [0, 0.05) is 43.4 Å². The van der Waals surface area contributed by atoms with E-state index < -0.39 is 0 Å². The van der Waals surface area contributed by atoms with E-state index in [2.05, 4.69) is 26.6 Å². The maximum absolute atomic E-state index is 11.8. The molecule has 3 aromatic rings. The van der Waals surface area contributed by atoms with Gasteiger partial charge in [-0.2, -0.15) is 0 Å². The summed E-state index contributed by atoms with van der Waals surface area (Å²) in [7, 11) is 0. The van der Waals surface area contributed by atoms with Crippen LogP contribution in [-0.4, -0.2) is 27.6 Å². The van der Waals surface area contributed by atoms with Gasteiger partial charge in [-0.3, -0.25) is 4.79 Å². The number of fused-ring (bicyclic) bond motifs is 1. The average molecular weight is 298 g/mol. The normalized spacial score (nSPS) is 11.0. The summed E-state index contributed by atoms with van der Waals surface area (Å²) < 4.78 is 5.24. The van der Waals surface area contributed by atoms with Crippen molar-refractivity contribution in [2.24, 2.45) is 0 Å².